The highest BCUT2D eigenvalue weighted by atomic mass is 16.2. The van der Waals surface area contributed by atoms with E-state index in [2.05, 4.69) is 5.32 Å². The molecule has 2 amide bonds. The summed E-state index contributed by atoms with van der Waals surface area (Å²) in [7, 11) is 0. The average Bonchev–Trinajstić information content (AvgIpc) is 2.61. The van der Waals surface area contributed by atoms with Crippen LogP contribution in [-0.4, -0.2) is 30.6 Å². The van der Waals surface area contributed by atoms with Gasteiger partial charge in [0.1, 0.15) is 0 Å². The van der Waals surface area contributed by atoms with E-state index in [1.165, 1.54) is 25.7 Å². The van der Waals surface area contributed by atoms with Gasteiger partial charge in [-0.3, -0.25) is 0 Å². The van der Waals surface area contributed by atoms with Gasteiger partial charge < -0.3 is 10.2 Å². The van der Waals surface area contributed by atoms with Crippen molar-refractivity contribution in [2.75, 3.05) is 19.6 Å². The number of hydrogen-bond donors (Lipinski definition) is 1. The zero-order valence-electron chi connectivity index (χ0n) is 8.96. The highest BCUT2D eigenvalue weighted by Gasteiger charge is 2.36. The highest BCUT2D eigenvalue weighted by Crippen LogP contribution is 2.35. The van der Waals surface area contributed by atoms with E-state index in [0.29, 0.717) is 0 Å². The molecule has 0 bridgehead atoms. The lowest BCUT2D eigenvalue weighted by atomic mass is 9.82. The Morgan fingerprint density at radius 1 is 1.29 bits per heavy atom. The lowest BCUT2D eigenvalue weighted by Gasteiger charge is -2.22. The van der Waals surface area contributed by atoms with E-state index in [-0.39, 0.29) is 6.03 Å². The maximum absolute atomic E-state index is 11.6. The van der Waals surface area contributed by atoms with Crippen LogP contribution in [0.1, 0.15) is 32.6 Å². The molecule has 1 aliphatic heterocycles. The van der Waals surface area contributed by atoms with E-state index in [1.807, 2.05) is 11.8 Å². The maximum atomic E-state index is 11.6. The third kappa shape index (κ3) is 1.86. The molecule has 2 atom stereocenters. The largest absolute Gasteiger partial charge is 0.338 e. The summed E-state index contributed by atoms with van der Waals surface area (Å²) in [6.07, 6.45) is 5.40. The summed E-state index contributed by atoms with van der Waals surface area (Å²) in [4.78, 5) is 13.6. The van der Waals surface area contributed by atoms with Gasteiger partial charge in [0, 0.05) is 19.6 Å². The molecule has 2 unspecified atom stereocenters. The van der Waals surface area contributed by atoms with Crippen LogP contribution in [-0.2, 0) is 0 Å². The summed E-state index contributed by atoms with van der Waals surface area (Å²) in [6, 6.07) is 0.141. The first-order chi connectivity index (χ1) is 6.81. The van der Waals surface area contributed by atoms with Gasteiger partial charge in [0.2, 0.25) is 0 Å². The fourth-order valence-electron chi connectivity index (χ4n) is 2.83. The molecular weight excluding hydrogens is 176 g/mol. The lowest BCUT2D eigenvalue weighted by molar-refractivity contribution is 0.207. The summed E-state index contributed by atoms with van der Waals surface area (Å²) >= 11 is 0. The molecule has 1 N–H and O–H groups in total. The molecule has 2 aliphatic rings. The minimum atomic E-state index is 0.141. The van der Waals surface area contributed by atoms with E-state index in [1.54, 1.807) is 0 Å². The molecule has 1 heterocycles. The predicted molar refractivity (Wildman–Crippen MR) is 56.1 cm³/mol. The van der Waals surface area contributed by atoms with Gasteiger partial charge >= 0.3 is 6.03 Å². The topological polar surface area (TPSA) is 32.3 Å². The van der Waals surface area contributed by atoms with Crippen LogP contribution in [0.3, 0.4) is 0 Å². The molecule has 1 saturated heterocycles. The number of urea groups is 1. The van der Waals surface area contributed by atoms with Gasteiger partial charge in [-0.25, -0.2) is 4.79 Å². The summed E-state index contributed by atoms with van der Waals surface area (Å²) in [5.74, 6) is 1.60. The van der Waals surface area contributed by atoms with E-state index in [0.717, 1.165) is 31.5 Å². The molecule has 1 aliphatic carbocycles. The second-order valence-electron chi connectivity index (χ2n) is 4.55. The number of likely N-dealkylation sites (tertiary alicyclic amines) is 1. The number of carbonyl (C=O) groups excluding carboxylic acids is 1. The summed E-state index contributed by atoms with van der Waals surface area (Å²) in [5, 5.41) is 2.88. The van der Waals surface area contributed by atoms with Crippen molar-refractivity contribution in [3.8, 4) is 0 Å². The Balaban J connectivity index is 1.89. The van der Waals surface area contributed by atoms with Crippen LogP contribution in [0.25, 0.3) is 0 Å². The molecule has 0 aromatic heterocycles. The summed E-state index contributed by atoms with van der Waals surface area (Å²) < 4.78 is 0. The van der Waals surface area contributed by atoms with Crippen LogP contribution in [0.4, 0.5) is 4.79 Å². The number of hydrogen-bond acceptors (Lipinski definition) is 1. The molecule has 14 heavy (non-hydrogen) atoms. The van der Waals surface area contributed by atoms with E-state index in [4.69, 9.17) is 0 Å². The minimum Gasteiger partial charge on any atom is -0.338 e. The van der Waals surface area contributed by atoms with Gasteiger partial charge in [-0.1, -0.05) is 12.8 Å². The van der Waals surface area contributed by atoms with Crippen molar-refractivity contribution in [3.05, 3.63) is 0 Å². The molecule has 0 spiro atoms. The van der Waals surface area contributed by atoms with Crippen LogP contribution in [0.15, 0.2) is 0 Å². The Bertz CT molecular complexity index is 203. The van der Waals surface area contributed by atoms with Gasteiger partial charge in [-0.05, 0) is 31.6 Å². The van der Waals surface area contributed by atoms with Crippen LogP contribution < -0.4 is 5.32 Å². The standard InChI is InChI=1S/C11H20N2O/c1-2-12-11(14)13-7-9-5-3-4-6-10(9)8-13/h9-10H,2-8H2,1H3,(H,12,14). The van der Waals surface area contributed by atoms with Crippen molar-refractivity contribution in [2.24, 2.45) is 11.8 Å². The highest BCUT2D eigenvalue weighted by molar-refractivity contribution is 5.74. The molecule has 2 rings (SSSR count). The molecule has 2 fully saturated rings. The summed E-state index contributed by atoms with van der Waals surface area (Å²) in [6.45, 7) is 4.71. The second kappa shape index (κ2) is 4.20. The van der Waals surface area contributed by atoms with E-state index in [9.17, 15) is 4.79 Å². The quantitative estimate of drug-likeness (QED) is 0.682. The average molecular weight is 196 g/mol. The van der Waals surface area contributed by atoms with Gasteiger partial charge in [0.15, 0.2) is 0 Å². The van der Waals surface area contributed by atoms with Gasteiger partial charge in [-0.15, -0.1) is 0 Å². The fraction of sp³-hybridized carbons (Fsp3) is 0.909. The third-order valence-electron chi connectivity index (χ3n) is 3.59. The zero-order valence-corrected chi connectivity index (χ0v) is 8.96. The van der Waals surface area contributed by atoms with Crippen molar-refractivity contribution >= 4 is 6.03 Å². The van der Waals surface area contributed by atoms with Gasteiger partial charge in [0.25, 0.3) is 0 Å². The molecule has 0 radical (unpaired) electrons. The molecule has 80 valence electrons. The zero-order chi connectivity index (χ0) is 9.97. The first kappa shape index (κ1) is 9.81. The number of fused-ring (bicyclic) bond motifs is 1. The Morgan fingerprint density at radius 3 is 2.36 bits per heavy atom. The minimum absolute atomic E-state index is 0.141. The predicted octanol–water partition coefficient (Wildman–Crippen LogP) is 1.84. The Morgan fingerprint density at radius 2 is 1.86 bits per heavy atom. The van der Waals surface area contributed by atoms with Crippen molar-refractivity contribution in [1.82, 2.24) is 10.2 Å². The fourth-order valence-corrected chi connectivity index (χ4v) is 2.83. The molecule has 3 nitrogen and oxygen atoms in total. The number of rotatable bonds is 1. The number of nitrogens with zero attached hydrogens (tertiary/aromatic N) is 1. The molecule has 3 heteroatoms. The Hall–Kier alpha value is -0.730. The van der Waals surface area contributed by atoms with Gasteiger partial charge in [-0.2, -0.15) is 0 Å². The normalized spacial score (nSPS) is 31.4. The van der Waals surface area contributed by atoms with Crippen LogP contribution in [0, 0.1) is 11.8 Å². The van der Waals surface area contributed by atoms with Crippen LogP contribution >= 0.6 is 0 Å². The third-order valence-corrected chi connectivity index (χ3v) is 3.59. The molecular formula is C11H20N2O. The van der Waals surface area contributed by atoms with Crippen LogP contribution in [0.2, 0.25) is 0 Å². The van der Waals surface area contributed by atoms with E-state index < -0.39 is 0 Å². The molecule has 0 aromatic rings. The SMILES string of the molecule is CCNC(=O)N1CC2CCCCC2C1. The smallest absolute Gasteiger partial charge is 0.317 e. The van der Waals surface area contributed by atoms with Crippen molar-refractivity contribution in [2.45, 2.75) is 32.6 Å². The monoisotopic (exact) mass is 196 g/mol. The van der Waals surface area contributed by atoms with E-state index >= 15 is 0 Å². The first-order valence-electron chi connectivity index (χ1n) is 5.84. The number of carbonyl (C=O) groups is 1. The van der Waals surface area contributed by atoms with Crippen molar-refractivity contribution in [1.29, 1.82) is 0 Å². The maximum Gasteiger partial charge on any atom is 0.317 e. The lowest BCUT2D eigenvalue weighted by Crippen LogP contribution is -2.38. The molecule has 0 aromatic carbocycles. The Labute approximate surface area is 85.8 Å². The summed E-state index contributed by atoms with van der Waals surface area (Å²) in [5.41, 5.74) is 0. The number of nitrogens with one attached hydrogen (secondary N) is 1. The Kier molecular flexibility index (Phi) is 2.94. The van der Waals surface area contributed by atoms with Gasteiger partial charge in [0.05, 0.1) is 0 Å². The van der Waals surface area contributed by atoms with Crippen LogP contribution in [0.5, 0.6) is 0 Å². The van der Waals surface area contributed by atoms with Crippen molar-refractivity contribution < 1.29 is 4.79 Å². The first-order valence-corrected chi connectivity index (χ1v) is 5.84. The second-order valence-corrected chi connectivity index (χ2v) is 4.55. The molecule has 1 saturated carbocycles. The van der Waals surface area contributed by atoms with Crippen molar-refractivity contribution in [3.63, 3.8) is 0 Å². The number of amides is 2.